The fourth-order valence-electron chi connectivity index (χ4n) is 1.45. The van der Waals surface area contributed by atoms with Crippen LogP contribution < -0.4 is 10.6 Å². The fourth-order valence-corrected chi connectivity index (χ4v) is 1.45. The molecule has 1 rings (SSSR count). The molecule has 2 atom stereocenters. The summed E-state index contributed by atoms with van der Waals surface area (Å²) in [5.74, 6) is 2.65. The lowest BCUT2D eigenvalue weighted by molar-refractivity contribution is -0.122. The molecule has 2 unspecified atom stereocenters. The van der Waals surface area contributed by atoms with Crippen molar-refractivity contribution < 1.29 is 4.79 Å². The van der Waals surface area contributed by atoms with Crippen LogP contribution in [-0.2, 0) is 4.79 Å². The molecule has 0 aromatic carbocycles. The van der Waals surface area contributed by atoms with E-state index in [1.807, 2.05) is 6.92 Å². The molecule has 0 radical (unpaired) electrons. The zero-order valence-electron chi connectivity index (χ0n) is 7.97. The second-order valence-corrected chi connectivity index (χ2v) is 3.39. The number of nitrogens with one attached hydrogen (secondary N) is 2. The first kappa shape index (κ1) is 10.1. The van der Waals surface area contributed by atoms with Gasteiger partial charge in [-0.3, -0.25) is 10.1 Å². The zero-order valence-corrected chi connectivity index (χ0v) is 7.97. The standard InChI is InChI=1S/C10H16N2O/c1-3-8(2)12-9-6-4-5-7-11-10(9)13/h1,8-9,12H,4-7H2,2H3,(H,11,13). The summed E-state index contributed by atoms with van der Waals surface area (Å²) < 4.78 is 0. The molecule has 1 aliphatic rings. The summed E-state index contributed by atoms with van der Waals surface area (Å²) in [4.78, 5) is 11.4. The van der Waals surface area contributed by atoms with Crippen molar-refractivity contribution in [1.29, 1.82) is 0 Å². The molecule has 0 aromatic heterocycles. The molecule has 1 heterocycles. The largest absolute Gasteiger partial charge is 0.355 e. The van der Waals surface area contributed by atoms with E-state index < -0.39 is 0 Å². The Morgan fingerprint density at radius 3 is 3.15 bits per heavy atom. The van der Waals surface area contributed by atoms with Crippen LogP contribution in [0.1, 0.15) is 26.2 Å². The topological polar surface area (TPSA) is 41.1 Å². The van der Waals surface area contributed by atoms with E-state index in [0.717, 1.165) is 25.8 Å². The average Bonchev–Trinajstić information content (AvgIpc) is 2.32. The number of carbonyl (C=O) groups is 1. The van der Waals surface area contributed by atoms with Gasteiger partial charge in [-0.2, -0.15) is 0 Å². The van der Waals surface area contributed by atoms with Gasteiger partial charge in [-0.25, -0.2) is 0 Å². The van der Waals surface area contributed by atoms with Crippen LogP contribution in [-0.4, -0.2) is 24.5 Å². The second kappa shape index (κ2) is 4.88. The Labute approximate surface area is 79.3 Å². The number of hydrogen-bond acceptors (Lipinski definition) is 2. The van der Waals surface area contributed by atoms with Crippen LogP contribution in [0.5, 0.6) is 0 Å². The van der Waals surface area contributed by atoms with E-state index in [0.29, 0.717) is 0 Å². The molecular formula is C10H16N2O. The summed E-state index contributed by atoms with van der Waals surface area (Å²) in [6.45, 7) is 2.68. The van der Waals surface area contributed by atoms with E-state index in [1.54, 1.807) is 0 Å². The van der Waals surface area contributed by atoms with Gasteiger partial charge in [0.05, 0.1) is 12.1 Å². The SMILES string of the molecule is C#CC(C)NC1CCCCNC1=O. The third-order valence-corrected chi connectivity index (χ3v) is 2.24. The van der Waals surface area contributed by atoms with E-state index in [2.05, 4.69) is 16.6 Å². The van der Waals surface area contributed by atoms with E-state index >= 15 is 0 Å². The molecule has 0 bridgehead atoms. The summed E-state index contributed by atoms with van der Waals surface area (Å²) in [7, 11) is 0. The van der Waals surface area contributed by atoms with E-state index in [9.17, 15) is 4.79 Å². The van der Waals surface area contributed by atoms with Gasteiger partial charge in [0.1, 0.15) is 0 Å². The van der Waals surface area contributed by atoms with Gasteiger partial charge in [-0.15, -0.1) is 6.42 Å². The van der Waals surface area contributed by atoms with Crippen molar-refractivity contribution in [3.63, 3.8) is 0 Å². The Kier molecular flexibility index (Phi) is 3.78. The third kappa shape index (κ3) is 3.08. The molecule has 1 aliphatic heterocycles. The van der Waals surface area contributed by atoms with Crippen molar-refractivity contribution in [3.8, 4) is 12.3 Å². The molecule has 0 aromatic rings. The van der Waals surface area contributed by atoms with Crippen molar-refractivity contribution in [2.75, 3.05) is 6.54 Å². The average molecular weight is 180 g/mol. The van der Waals surface area contributed by atoms with Gasteiger partial charge in [0.15, 0.2) is 0 Å². The number of terminal acetylenes is 1. The predicted molar refractivity (Wildman–Crippen MR) is 52.1 cm³/mol. The van der Waals surface area contributed by atoms with Gasteiger partial charge in [0, 0.05) is 6.54 Å². The highest BCUT2D eigenvalue weighted by molar-refractivity contribution is 5.81. The first-order chi connectivity index (χ1) is 6.24. The first-order valence-corrected chi connectivity index (χ1v) is 4.74. The van der Waals surface area contributed by atoms with Crippen molar-refractivity contribution in [2.24, 2.45) is 0 Å². The molecule has 1 fully saturated rings. The van der Waals surface area contributed by atoms with Crippen LogP contribution in [0.2, 0.25) is 0 Å². The number of rotatable bonds is 2. The molecule has 0 spiro atoms. The highest BCUT2D eigenvalue weighted by Crippen LogP contribution is 2.05. The summed E-state index contributed by atoms with van der Waals surface area (Å²) in [5, 5.41) is 5.96. The molecule has 1 amide bonds. The Morgan fingerprint density at radius 2 is 2.46 bits per heavy atom. The Bertz CT molecular complexity index is 219. The van der Waals surface area contributed by atoms with Crippen molar-refractivity contribution in [2.45, 2.75) is 38.3 Å². The Balaban J connectivity index is 2.46. The number of carbonyl (C=O) groups excluding carboxylic acids is 1. The Morgan fingerprint density at radius 1 is 1.69 bits per heavy atom. The lowest BCUT2D eigenvalue weighted by Gasteiger charge is -2.17. The van der Waals surface area contributed by atoms with Gasteiger partial charge in [0.25, 0.3) is 0 Å². The van der Waals surface area contributed by atoms with Crippen LogP contribution in [0, 0.1) is 12.3 Å². The molecule has 0 saturated carbocycles. The van der Waals surface area contributed by atoms with E-state index in [4.69, 9.17) is 6.42 Å². The Hall–Kier alpha value is -1.01. The van der Waals surface area contributed by atoms with Gasteiger partial charge in [0.2, 0.25) is 5.91 Å². The predicted octanol–water partition coefficient (Wildman–Crippen LogP) is 0.266. The minimum atomic E-state index is -0.103. The number of hydrogen-bond donors (Lipinski definition) is 2. The van der Waals surface area contributed by atoms with Gasteiger partial charge in [-0.05, 0) is 26.2 Å². The van der Waals surface area contributed by atoms with Crippen molar-refractivity contribution >= 4 is 5.91 Å². The maximum atomic E-state index is 11.4. The fraction of sp³-hybridized carbons (Fsp3) is 0.700. The van der Waals surface area contributed by atoms with Crippen LogP contribution >= 0.6 is 0 Å². The summed E-state index contributed by atoms with van der Waals surface area (Å²) in [5.41, 5.74) is 0. The van der Waals surface area contributed by atoms with Crippen LogP contribution in [0.25, 0.3) is 0 Å². The smallest absolute Gasteiger partial charge is 0.237 e. The number of amides is 1. The van der Waals surface area contributed by atoms with Gasteiger partial charge < -0.3 is 5.32 Å². The lowest BCUT2D eigenvalue weighted by atomic mass is 10.1. The molecule has 2 N–H and O–H groups in total. The minimum absolute atomic E-state index is 0.0335. The van der Waals surface area contributed by atoms with Gasteiger partial charge in [-0.1, -0.05) is 5.92 Å². The third-order valence-electron chi connectivity index (χ3n) is 2.24. The molecule has 72 valence electrons. The van der Waals surface area contributed by atoms with E-state index in [-0.39, 0.29) is 18.0 Å². The van der Waals surface area contributed by atoms with Crippen LogP contribution in [0.15, 0.2) is 0 Å². The molecule has 3 nitrogen and oxygen atoms in total. The highest BCUT2D eigenvalue weighted by Gasteiger charge is 2.20. The van der Waals surface area contributed by atoms with Gasteiger partial charge >= 0.3 is 0 Å². The molecule has 13 heavy (non-hydrogen) atoms. The lowest BCUT2D eigenvalue weighted by Crippen LogP contribution is -2.45. The second-order valence-electron chi connectivity index (χ2n) is 3.39. The monoisotopic (exact) mass is 180 g/mol. The van der Waals surface area contributed by atoms with Crippen molar-refractivity contribution in [1.82, 2.24) is 10.6 Å². The molecule has 3 heteroatoms. The molecular weight excluding hydrogens is 164 g/mol. The first-order valence-electron chi connectivity index (χ1n) is 4.74. The molecule has 1 saturated heterocycles. The van der Waals surface area contributed by atoms with E-state index in [1.165, 1.54) is 0 Å². The van der Waals surface area contributed by atoms with Crippen LogP contribution in [0.3, 0.4) is 0 Å². The maximum Gasteiger partial charge on any atom is 0.237 e. The zero-order chi connectivity index (χ0) is 9.68. The quantitative estimate of drug-likeness (QED) is 0.599. The van der Waals surface area contributed by atoms with Crippen molar-refractivity contribution in [3.05, 3.63) is 0 Å². The summed E-state index contributed by atoms with van der Waals surface area (Å²) in [6.07, 6.45) is 8.26. The summed E-state index contributed by atoms with van der Waals surface area (Å²) in [6, 6.07) is -0.137. The highest BCUT2D eigenvalue weighted by atomic mass is 16.2. The minimum Gasteiger partial charge on any atom is -0.355 e. The maximum absolute atomic E-state index is 11.4. The van der Waals surface area contributed by atoms with Crippen LogP contribution in [0.4, 0.5) is 0 Å². The molecule has 0 aliphatic carbocycles. The normalized spacial score (nSPS) is 25.5. The summed E-state index contributed by atoms with van der Waals surface area (Å²) >= 11 is 0.